The van der Waals surface area contributed by atoms with Gasteiger partial charge >= 0.3 is 5.97 Å². The van der Waals surface area contributed by atoms with E-state index in [1.165, 1.54) is 7.11 Å². The molecule has 0 saturated carbocycles. The molecular weight excluding hydrogens is 297 g/mol. The fraction of sp³-hybridized carbons (Fsp3) is 0.133. The molecule has 0 bridgehead atoms. The third kappa shape index (κ3) is 3.44. The first-order valence-electron chi connectivity index (χ1n) is 5.97. The zero-order valence-corrected chi connectivity index (χ0v) is 12.3. The molecule has 0 radical (unpaired) electrons. The molecule has 2 aromatic carbocycles. The van der Waals surface area contributed by atoms with Gasteiger partial charge in [0.15, 0.2) is 0 Å². The standard InChI is InChI=1S/C15H13Cl2NO2/c1-20-15(19)12-8-11(6-7-14(12)17)18-9-10-4-2-3-5-13(10)16/h2-8,18H,9H2,1H3. The third-order valence-corrected chi connectivity index (χ3v) is 3.51. The summed E-state index contributed by atoms with van der Waals surface area (Å²) in [4.78, 5) is 11.6. The first kappa shape index (κ1) is 14.7. The summed E-state index contributed by atoms with van der Waals surface area (Å²) in [7, 11) is 1.32. The smallest absolute Gasteiger partial charge is 0.339 e. The van der Waals surface area contributed by atoms with Crippen molar-refractivity contribution < 1.29 is 9.53 Å². The highest BCUT2D eigenvalue weighted by Crippen LogP contribution is 2.22. The predicted molar refractivity (Wildman–Crippen MR) is 81.6 cm³/mol. The molecule has 0 fully saturated rings. The lowest BCUT2D eigenvalue weighted by atomic mass is 10.2. The van der Waals surface area contributed by atoms with Gasteiger partial charge in [-0.05, 0) is 29.8 Å². The van der Waals surface area contributed by atoms with Crippen LogP contribution in [0.1, 0.15) is 15.9 Å². The Morgan fingerprint density at radius 3 is 2.60 bits per heavy atom. The number of carbonyl (C=O) groups excluding carboxylic acids is 1. The van der Waals surface area contributed by atoms with Crippen molar-refractivity contribution in [2.24, 2.45) is 0 Å². The molecule has 2 aromatic rings. The Morgan fingerprint density at radius 1 is 1.15 bits per heavy atom. The number of hydrogen-bond donors (Lipinski definition) is 1. The van der Waals surface area contributed by atoms with E-state index in [0.717, 1.165) is 11.3 Å². The van der Waals surface area contributed by atoms with Crippen LogP contribution in [0.25, 0.3) is 0 Å². The van der Waals surface area contributed by atoms with Crippen molar-refractivity contribution in [3.8, 4) is 0 Å². The second kappa shape index (κ2) is 6.64. The molecule has 0 unspecified atom stereocenters. The van der Waals surface area contributed by atoms with E-state index >= 15 is 0 Å². The maximum absolute atomic E-state index is 11.6. The SMILES string of the molecule is COC(=O)c1cc(NCc2ccccc2Cl)ccc1Cl. The van der Waals surface area contributed by atoms with Gasteiger partial charge in [0.05, 0.1) is 17.7 Å². The molecular formula is C15H13Cl2NO2. The maximum atomic E-state index is 11.6. The van der Waals surface area contributed by atoms with Gasteiger partial charge in [0, 0.05) is 17.3 Å². The average Bonchev–Trinajstić information content (AvgIpc) is 2.47. The minimum Gasteiger partial charge on any atom is -0.465 e. The number of halogens is 2. The summed E-state index contributed by atoms with van der Waals surface area (Å²) in [6.45, 7) is 0.557. The number of anilines is 1. The molecule has 0 spiro atoms. The Morgan fingerprint density at radius 2 is 1.90 bits per heavy atom. The lowest BCUT2D eigenvalue weighted by Crippen LogP contribution is -2.05. The monoisotopic (exact) mass is 309 g/mol. The lowest BCUT2D eigenvalue weighted by Gasteiger charge is -2.10. The van der Waals surface area contributed by atoms with E-state index in [4.69, 9.17) is 23.2 Å². The zero-order chi connectivity index (χ0) is 14.5. The quantitative estimate of drug-likeness (QED) is 0.851. The minimum atomic E-state index is -0.462. The van der Waals surface area contributed by atoms with Crippen LogP contribution in [0.5, 0.6) is 0 Å². The summed E-state index contributed by atoms with van der Waals surface area (Å²) in [6, 6.07) is 12.7. The lowest BCUT2D eigenvalue weighted by molar-refractivity contribution is 0.0601. The molecule has 0 saturated heterocycles. The minimum absolute atomic E-state index is 0.332. The number of ether oxygens (including phenoxy) is 1. The van der Waals surface area contributed by atoms with Crippen LogP contribution < -0.4 is 5.32 Å². The Balaban J connectivity index is 2.14. The molecule has 0 atom stereocenters. The van der Waals surface area contributed by atoms with Gasteiger partial charge in [-0.1, -0.05) is 41.4 Å². The van der Waals surface area contributed by atoms with E-state index < -0.39 is 5.97 Å². The Bertz CT molecular complexity index is 629. The van der Waals surface area contributed by atoms with Crippen molar-refractivity contribution in [2.75, 3.05) is 12.4 Å². The topological polar surface area (TPSA) is 38.3 Å². The van der Waals surface area contributed by atoms with E-state index in [2.05, 4.69) is 10.1 Å². The number of methoxy groups -OCH3 is 1. The van der Waals surface area contributed by atoms with Gasteiger partial charge in [0.2, 0.25) is 0 Å². The van der Waals surface area contributed by atoms with Crippen LogP contribution in [-0.4, -0.2) is 13.1 Å². The Hall–Kier alpha value is -1.71. The van der Waals surface area contributed by atoms with Crippen molar-refractivity contribution in [3.05, 3.63) is 63.6 Å². The number of esters is 1. The second-order valence-electron chi connectivity index (χ2n) is 4.13. The van der Waals surface area contributed by atoms with Gasteiger partial charge < -0.3 is 10.1 Å². The molecule has 2 rings (SSSR count). The van der Waals surface area contributed by atoms with E-state index in [9.17, 15) is 4.79 Å². The number of nitrogens with one attached hydrogen (secondary N) is 1. The van der Waals surface area contributed by atoms with E-state index in [1.807, 2.05) is 24.3 Å². The summed E-state index contributed by atoms with van der Waals surface area (Å²) >= 11 is 12.0. The zero-order valence-electron chi connectivity index (χ0n) is 10.8. The molecule has 0 aromatic heterocycles. The van der Waals surface area contributed by atoms with E-state index in [1.54, 1.807) is 18.2 Å². The Kier molecular flexibility index (Phi) is 4.88. The molecule has 104 valence electrons. The van der Waals surface area contributed by atoms with Crippen LogP contribution in [0.4, 0.5) is 5.69 Å². The second-order valence-corrected chi connectivity index (χ2v) is 4.95. The molecule has 0 amide bonds. The summed E-state index contributed by atoms with van der Waals surface area (Å²) in [5.74, 6) is -0.462. The summed E-state index contributed by atoms with van der Waals surface area (Å²) in [6.07, 6.45) is 0. The van der Waals surface area contributed by atoms with E-state index in [0.29, 0.717) is 22.2 Å². The molecule has 20 heavy (non-hydrogen) atoms. The number of rotatable bonds is 4. The molecule has 0 aliphatic heterocycles. The van der Waals surface area contributed by atoms with Crippen molar-refractivity contribution in [2.45, 2.75) is 6.54 Å². The molecule has 1 N–H and O–H groups in total. The largest absolute Gasteiger partial charge is 0.465 e. The number of carbonyl (C=O) groups is 1. The first-order valence-corrected chi connectivity index (χ1v) is 6.72. The fourth-order valence-electron chi connectivity index (χ4n) is 1.74. The van der Waals surface area contributed by atoms with Crippen LogP contribution in [0.15, 0.2) is 42.5 Å². The summed E-state index contributed by atoms with van der Waals surface area (Å²) in [5, 5.41) is 4.26. The molecule has 0 aliphatic rings. The van der Waals surface area contributed by atoms with Crippen molar-refractivity contribution >= 4 is 34.9 Å². The third-order valence-electron chi connectivity index (χ3n) is 2.81. The molecule has 0 aliphatic carbocycles. The van der Waals surface area contributed by atoms with Crippen LogP contribution in [0, 0.1) is 0 Å². The van der Waals surface area contributed by atoms with Crippen LogP contribution in [0.2, 0.25) is 10.0 Å². The van der Waals surface area contributed by atoms with Crippen LogP contribution >= 0.6 is 23.2 Å². The number of benzene rings is 2. The first-order chi connectivity index (χ1) is 9.61. The molecule has 0 heterocycles. The van der Waals surface area contributed by atoms with Gasteiger partial charge in [-0.15, -0.1) is 0 Å². The highest BCUT2D eigenvalue weighted by atomic mass is 35.5. The fourth-order valence-corrected chi connectivity index (χ4v) is 2.14. The van der Waals surface area contributed by atoms with Crippen molar-refractivity contribution in [3.63, 3.8) is 0 Å². The van der Waals surface area contributed by atoms with E-state index in [-0.39, 0.29) is 0 Å². The van der Waals surface area contributed by atoms with Gasteiger partial charge in [-0.25, -0.2) is 4.79 Å². The van der Waals surface area contributed by atoms with Gasteiger partial charge in [-0.3, -0.25) is 0 Å². The van der Waals surface area contributed by atoms with Crippen molar-refractivity contribution in [1.82, 2.24) is 0 Å². The van der Waals surface area contributed by atoms with Crippen LogP contribution in [0.3, 0.4) is 0 Å². The van der Waals surface area contributed by atoms with Gasteiger partial charge in [0.25, 0.3) is 0 Å². The average molecular weight is 310 g/mol. The molecule has 3 nitrogen and oxygen atoms in total. The molecule has 5 heteroatoms. The van der Waals surface area contributed by atoms with Crippen molar-refractivity contribution in [1.29, 1.82) is 0 Å². The normalized spacial score (nSPS) is 10.2. The predicted octanol–water partition coefficient (Wildman–Crippen LogP) is 4.39. The highest BCUT2D eigenvalue weighted by Gasteiger charge is 2.11. The summed E-state index contributed by atoms with van der Waals surface area (Å²) in [5.41, 5.74) is 2.08. The highest BCUT2D eigenvalue weighted by molar-refractivity contribution is 6.33. The van der Waals surface area contributed by atoms with Crippen LogP contribution in [-0.2, 0) is 11.3 Å². The Labute approximate surface area is 127 Å². The summed E-state index contributed by atoms with van der Waals surface area (Å²) < 4.78 is 4.68. The van der Waals surface area contributed by atoms with Gasteiger partial charge in [-0.2, -0.15) is 0 Å². The number of hydrogen-bond acceptors (Lipinski definition) is 3. The maximum Gasteiger partial charge on any atom is 0.339 e. The van der Waals surface area contributed by atoms with Gasteiger partial charge in [0.1, 0.15) is 0 Å².